The summed E-state index contributed by atoms with van der Waals surface area (Å²) in [5.74, 6) is -1.89. The first-order chi connectivity index (χ1) is 15.3. The molecule has 9 nitrogen and oxygen atoms in total. The number of benzene rings is 1. The van der Waals surface area contributed by atoms with Crippen molar-refractivity contribution in [2.45, 2.75) is 43.9 Å². The van der Waals surface area contributed by atoms with E-state index in [-0.39, 0.29) is 36.0 Å². The van der Waals surface area contributed by atoms with Gasteiger partial charge < -0.3 is 19.7 Å². The van der Waals surface area contributed by atoms with Crippen LogP contribution in [0.15, 0.2) is 35.5 Å². The molecular weight excluding hydrogens is 465 g/mol. The van der Waals surface area contributed by atoms with E-state index in [1.807, 2.05) is 0 Å². The molecule has 1 heterocycles. The Morgan fingerprint density at radius 2 is 1.88 bits per heavy atom. The molecule has 0 fully saturated rings. The number of halogens is 3. The molecule has 2 rings (SSSR count). The van der Waals surface area contributed by atoms with Crippen molar-refractivity contribution in [1.29, 1.82) is 0 Å². The number of nitrogens with zero attached hydrogens (tertiary/aromatic N) is 3. The predicted molar refractivity (Wildman–Crippen MR) is 114 cm³/mol. The fourth-order valence-corrected chi connectivity index (χ4v) is 4.89. The second-order valence-electron chi connectivity index (χ2n) is 7.13. The molecule has 0 saturated heterocycles. The number of rotatable bonds is 10. The number of nitrogens with one attached hydrogen (secondary N) is 1. The van der Waals surface area contributed by atoms with Crippen LogP contribution in [0.3, 0.4) is 0 Å². The third-order valence-electron chi connectivity index (χ3n) is 4.93. The van der Waals surface area contributed by atoms with Crippen molar-refractivity contribution >= 4 is 21.6 Å². The van der Waals surface area contributed by atoms with Gasteiger partial charge in [0, 0.05) is 38.2 Å². The molecule has 1 aromatic heterocycles. The summed E-state index contributed by atoms with van der Waals surface area (Å²) in [5.41, 5.74) is -3.62. The Labute approximate surface area is 190 Å². The van der Waals surface area contributed by atoms with E-state index in [0.717, 1.165) is 16.8 Å². The van der Waals surface area contributed by atoms with Crippen molar-refractivity contribution in [1.82, 2.24) is 13.9 Å². The SMILES string of the molecule is CCOc1ccc(NC(=O)CC(O)(c2nccn2C)C(F)(F)F)cc1S(=O)(=O)N(CC)CC. The zero-order valence-corrected chi connectivity index (χ0v) is 19.5. The van der Waals surface area contributed by atoms with Gasteiger partial charge in [-0.05, 0) is 25.1 Å². The van der Waals surface area contributed by atoms with Crippen molar-refractivity contribution in [3.8, 4) is 5.75 Å². The smallest absolute Gasteiger partial charge is 0.425 e. The molecule has 1 amide bonds. The maximum absolute atomic E-state index is 13.7. The summed E-state index contributed by atoms with van der Waals surface area (Å²) < 4.78 is 74.6. The molecule has 1 unspecified atom stereocenters. The first kappa shape index (κ1) is 26.6. The van der Waals surface area contributed by atoms with E-state index in [1.54, 1.807) is 20.8 Å². The minimum absolute atomic E-state index is 0.0437. The van der Waals surface area contributed by atoms with E-state index >= 15 is 0 Å². The minimum atomic E-state index is -5.19. The highest BCUT2D eigenvalue weighted by atomic mass is 32.2. The Hall–Kier alpha value is -2.64. The predicted octanol–water partition coefficient (Wildman–Crippen LogP) is 2.63. The van der Waals surface area contributed by atoms with Crippen LogP contribution in [0.2, 0.25) is 0 Å². The summed E-state index contributed by atoms with van der Waals surface area (Å²) in [7, 11) is -2.74. The number of ether oxygens (including phenoxy) is 1. The first-order valence-corrected chi connectivity index (χ1v) is 11.6. The van der Waals surface area contributed by atoms with Crippen molar-refractivity contribution in [2.75, 3.05) is 25.0 Å². The van der Waals surface area contributed by atoms with Gasteiger partial charge in [0.2, 0.25) is 21.5 Å². The van der Waals surface area contributed by atoms with Gasteiger partial charge in [-0.2, -0.15) is 17.5 Å². The number of sulfonamides is 1. The summed E-state index contributed by atoms with van der Waals surface area (Å²) in [5, 5.41) is 12.6. The van der Waals surface area contributed by atoms with Gasteiger partial charge >= 0.3 is 6.18 Å². The molecular formula is C20H27F3N4O5S. The number of carbonyl (C=O) groups is 1. The van der Waals surface area contributed by atoms with Gasteiger partial charge in [0.1, 0.15) is 10.6 Å². The third kappa shape index (κ3) is 5.47. The second kappa shape index (κ2) is 10.1. The van der Waals surface area contributed by atoms with Crippen LogP contribution in [0.25, 0.3) is 0 Å². The lowest BCUT2D eigenvalue weighted by molar-refractivity contribution is -0.270. The molecule has 0 aliphatic carbocycles. The van der Waals surface area contributed by atoms with Crippen LogP contribution in [-0.4, -0.2) is 59.2 Å². The fourth-order valence-electron chi connectivity index (χ4n) is 3.27. The molecule has 0 spiro atoms. The number of imidazole rings is 1. The molecule has 1 atom stereocenters. The Morgan fingerprint density at radius 1 is 1.24 bits per heavy atom. The van der Waals surface area contributed by atoms with E-state index in [2.05, 4.69) is 10.3 Å². The van der Waals surface area contributed by atoms with Gasteiger partial charge in [-0.25, -0.2) is 13.4 Å². The number of amides is 1. The van der Waals surface area contributed by atoms with Gasteiger partial charge in [0.05, 0.1) is 13.0 Å². The number of alkyl halides is 3. The highest BCUT2D eigenvalue weighted by Crippen LogP contribution is 2.41. The molecule has 184 valence electrons. The number of hydrogen-bond acceptors (Lipinski definition) is 6. The number of hydrogen-bond donors (Lipinski definition) is 2. The number of anilines is 1. The molecule has 0 saturated carbocycles. The highest BCUT2D eigenvalue weighted by Gasteiger charge is 2.58. The van der Waals surface area contributed by atoms with Crippen molar-refractivity contribution in [2.24, 2.45) is 7.05 Å². The maximum atomic E-state index is 13.7. The topological polar surface area (TPSA) is 114 Å². The summed E-state index contributed by atoms with van der Waals surface area (Å²) in [4.78, 5) is 15.8. The lowest BCUT2D eigenvalue weighted by Gasteiger charge is -2.29. The summed E-state index contributed by atoms with van der Waals surface area (Å²) in [6, 6.07) is 3.73. The van der Waals surface area contributed by atoms with Crippen molar-refractivity contribution in [3.63, 3.8) is 0 Å². The van der Waals surface area contributed by atoms with E-state index in [9.17, 15) is 31.5 Å². The van der Waals surface area contributed by atoms with E-state index in [1.165, 1.54) is 29.7 Å². The molecule has 1 aromatic carbocycles. The monoisotopic (exact) mass is 492 g/mol. The number of aliphatic hydroxyl groups is 1. The van der Waals surface area contributed by atoms with Gasteiger partial charge in [-0.3, -0.25) is 4.79 Å². The van der Waals surface area contributed by atoms with Crippen LogP contribution >= 0.6 is 0 Å². The molecule has 0 aliphatic rings. The average Bonchev–Trinajstić information content (AvgIpc) is 3.15. The van der Waals surface area contributed by atoms with E-state index in [4.69, 9.17) is 4.74 Å². The fraction of sp³-hybridized carbons (Fsp3) is 0.500. The molecule has 13 heteroatoms. The van der Waals surface area contributed by atoms with Crippen LogP contribution in [-0.2, 0) is 27.5 Å². The Balaban J connectivity index is 2.40. The van der Waals surface area contributed by atoms with Crippen LogP contribution in [0, 0.1) is 0 Å². The Kier molecular flexibility index (Phi) is 8.14. The van der Waals surface area contributed by atoms with Gasteiger partial charge in [0.25, 0.3) is 0 Å². The Morgan fingerprint density at radius 3 is 2.36 bits per heavy atom. The van der Waals surface area contributed by atoms with Crippen LogP contribution < -0.4 is 10.1 Å². The van der Waals surface area contributed by atoms with E-state index < -0.39 is 40.0 Å². The highest BCUT2D eigenvalue weighted by molar-refractivity contribution is 7.89. The molecule has 33 heavy (non-hydrogen) atoms. The molecule has 0 radical (unpaired) electrons. The third-order valence-corrected chi connectivity index (χ3v) is 7.00. The average molecular weight is 493 g/mol. The lowest BCUT2D eigenvalue weighted by atomic mass is 9.97. The minimum Gasteiger partial charge on any atom is -0.492 e. The number of carbonyl (C=O) groups excluding carboxylic acids is 1. The standard InChI is InChI=1S/C20H27F3N4O5S/c1-5-27(6-2)33(30,31)16-12-14(8-9-15(16)32-7-3)25-17(28)13-19(29,20(21,22)23)18-24-10-11-26(18)4/h8-12,29H,5-7,13H2,1-4H3,(H,25,28). The Bertz CT molecular complexity index is 1080. The quantitative estimate of drug-likeness (QED) is 0.527. The van der Waals surface area contributed by atoms with E-state index in [0.29, 0.717) is 0 Å². The molecule has 0 aliphatic heterocycles. The normalized spacial score (nSPS) is 14.2. The second-order valence-corrected chi connectivity index (χ2v) is 9.03. The van der Waals surface area contributed by atoms with Crippen molar-refractivity contribution in [3.05, 3.63) is 36.4 Å². The van der Waals surface area contributed by atoms with Gasteiger partial charge in [-0.15, -0.1) is 0 Å². The number of aryl methyl sites for hydroxylation is 1. The number of aromatic nitrogens is 2. The summed E-state index contributed by atoms with van der Waals surface area (Å²) in [6.45, 7) is 5.52. The zero-order valence-electron chi connectivity index (χ0n) is 18.7. The lowest BCUT2D eigenvalue weighted by Crippen LogP contribution is -2.46. The summed E-state index contributed by atoms with van der Waals surface area (Å²) >= 11 is 0. The van der Waals surface area contributed by atoms with Gasteiger partial charge in [0.15, 0.2) is 5.82 Å². The van der Waals surface area contributed by atoms with Gasteiger partial charge in [-0.1, -0.05) is 13.8 Å². The molecule has 0 bridgehead atoms. The first-order valence-electron chi connectivity index (χ1n) is 10.2. The van der Waals surface area contributed by atoms with Crippen molar-refractivity contribution < 1.29 is 36.2 Å². The summed E-state index contributed by atoms with van der Waals surface area (Å²) in [6.07, 6.45) is -4.30. The van der Waals surface area contributed by atoms with Crippen LogP contribution in [0.5, 0.6) is 5.75 Å². The molecule has 2 N–H and O–H groups in total. The van der Waals surface area contributed by atoms with Crippen LogP contribution in [0.4, 0.5) is 18.9 Å². The zero-order chi connectivity index (χ0) is 25.0. The largest absolute Gasteiger partial charge is 0.492 e. The molecule has 2 aromatic rings. The van der Waals surface area contributed by atoms with Crippen LogP contribution in [0.1, 0.15) is 33.0 Å². The maximum Gasteiger partial charge on any atom is 0.425 e.